The first-order valence-electron chi connectivity index (χ1n) is 10.1. The van der Waals surface area contributed by atoms with Crippen molar-refractivity contribution in [3.05, 3.63) is 42.1 Å². The number of hydrogen-bond donors (Lipinski definition) is 1. The summed E-state index contributed by atoms with van der Waals surface area (Å²) in [5, 5.41) is 3.00. The Morgan fingerprint density at radius 1 is 1.10 bits per heavy atom. The van der Waals surface area contributed by atoms with Crippen molar-refractivity contribution in [2.75, 3.05) is 37.7 Å². The molecule has 2 aliphatic rings. The van der Waals surface area contributed by atoms with E-state index in [0.717, 1.165) is 18.4 Å². The fourth-order valence-corrected chi connectivity index (χ4v) is 3.25. The third-order valence-electron chi connectivity index (χ3n) is 5.02. The number of nitrogens with one attached hydrogen (secondary N) is 1. The molecule has 4 rings (SSSR count). The van der Waals surface area contributed by atoms with E-state index in [-0.39, 0.29) is 18.0 Å². The molecule has 0 atom stereocenters. The van der Waals surface area contributed by atoms with E-state index < -0.39 is 0 Å². The Hall–Kier alpha value is -3.16. The fourth-order valence-electron chi connectivity index (χ4n) is 3.25. The fraction of sp³-hybridized carbons (Fsp3) is 0.429. The number of benzene rings is 1. The first-order valence-corrected chi connectivity index (χ1v) is 10.1. The average Bonchev–Trinajstić information content (AvgIpc) is 3.58. The Bertz CT molecular complexity index is 877. The summed E-state index contributed by atoms with van der Waals surface area (Å²) >= 11 is 0. The number of carbonyl (C=O) groups excluding carboxylic acids is 2. The van der Waals surface area contributed by atoms with Crippen LogP contribution in [0.4, 0.5) is 10.6 Å². The van der Waals surface area contributed by atoms with Gasteiger partial charge in [0.15, 0.2) is 5.82 Å². The van der Waals surface area contributed by atoms with E-state index in [9.17, 15) is 9.59 Å². The predicted molar refractivity (Wildman–Crippen MR) is 109 cm³/mol. The lowest BCUT2D eigenvalue weighted by Gasteiger charge is -2.34. The molecule has 1 aromatic carbocycles. The Balaban J connectivity index is 1.57. The Labute approximate surface area is 169 Å². The molecule has 2 amide bonds. The Kier molecular flexibility index (Phi) is 5.59. The standard InChI is InChI=1S/C21H25N5O3/c1-2-29-21(28)26-12-10-25(11-13-26)18-14-17(20(27)22-16-8-9-16)23-19(24-18)15-6-4-3-5-7-15/h3-7,14,16H,2,8-13H2,1H3,(H,22,27). The SMILES string of the molecule is CCOC(=O)N1CCN(c2cc(C(=O)NC3CC3)nc(-c3ccccc3)n2)CC1. The highest BCUT2D eigenvalue weighted by molar-refractivity contribution is 5.94. The Morgan fingerprint density at radius 2 is 1.83 bits per heavy atom. The number of nitrogens with zero attached hydrogens (tertiary/aromatic N) is 4. The molecule has 2 aromatic rings. The van der Waals surface area contributed by atoms with Crippen molar-refractivity contribution in [3.8, 4) is 11.4 Å². The summed E-state index contributed by atoms with van der Waals surface area (Å²) in [4.78, 5) is 37.6. The van der Waals surface area contributed by atoms with Gasteiger partial charge in [-0.3, -0.25) is 4.79 Å². The van der Waals surface area contributed by atoms with Gasteiger partial charge in [0.2, 0.25) is 0 Å². The van der Waals surface area contributed by atoms with Crippen LogP contribution in [0.25, 0.3) is 11.4 Å². The molecular weight excluding hydrogens is 370 g/mol. The highest BCUT2D eigenvalue weighted by Gasteiger charge is 2.27. The number of rotatable bonds is 5. The van der Waals surface area contributed by atoms with Crippen LogP contribution >= 0.6 is 0 Å². The van der Waals surface area contributed by atoms with E-state index in [0.29, 0.717) is 50.1 Å². The van der Waals surface area contributed by atoms with E-state index in [1.807, 2.05) is 30.3 Å². The third-order valence-corrected chi connectivity index (χ3v) is 5.02. The number of amides is 2. The maximum absolute atomic E-state index is 12.6. The van der Waals surface area contributed by atoms with Crippen LogP contribution in [0.2, 0.25) is 0 Å². The number of hydrogen-bond acceptors (Lipinski definition) is 6. The van der Waals surface area contributed by atoms with Crippen molar-refractivity contribution in [1.29, 1.82) is 0 Å². The van der Waals surface area contributed by atoms with Gasteiger partial charge in [-0.15, -0.1) is 0 Å². The zero-order valence-electron chi connectivity index (χ0n) is 16.5. The molecule has 1 saturated heterocycles. The number of carbonyl (C=O) groups is 2. The molecule has 8 nitrogen and oxygen atoms in total. The minimum atomic E-state index is -0.288. The van der Waals surface area contributed by atoms with Crippen LogP contribution in [0.1, 0.15) is 30.3 Å². The van der Waals surface area contributed by atoms with Gasteiger partial charge in [-0.2, -0.15) is 0 Å². The van der Waals surface area contributed by atoms with E-state index >= 15 is 0 Å². The summed E-state index contributed by atoms with van der Waals surface area (Å²) in [5.41, 5.74) is 1.23. The number of ether oxygens (including phenoxy) is 1. The average molecular weight is 395 g/mol. The molecule has 1 aromatic heterocycles. The largest absolute Gasteiger partial charge is 0.450 e. The minimum absolute atomic E-state index is 0.168. The summed E-state index contributed by atoms with van der Waals surface area (Å²) in [7, 11) is 0. The minimum Gasteiger partial charge on any atom is -0.450 e. The van der Waals surface area contributed by atoms with E-state index in [4.69, 9.17) is 9.72 Å². The molecule has 2 fully saturated rings. The maximum atomic E-state index is 12.6. The highest BCUT2D eigenvalue weighted by atomic mass is 16.6. The number of anilines is 1. The zero-order valence-corrected chi connectivity index (χ0v) is 16.5. The van der Waals surface area contributed by atoms with Gasteiger partial charge in [0, 0.05) is 43.9 Å². The first kappa shape index (κ1) is 19.2. The second-order valence-corrected chi connectivity index (χ2v) is 7.22. The maximum Gasteiger partial charge on any atom is 0.409 e. The van der Waals surface area contributed by atoms with E-state index in [1.165, 1.54) is 0 Å². The lowest BCUT2D eigenvalue weighted by Crippen LogP contribution is -2.49. The smallest absolute Gasteiger partial charge is 0.409 e. The quantitative estimate of drug-likeness (QED) is 0.836. The number of aromatic nitrogens is 2. The van der Waals surface area contributed by atoms with Crippen molar-refractivity contribution in [2.24, 2.45) is 0 Å². The topological polar surface area (TPSA) is 87.7 Å². The lowest BCUT2D eigenvalue weighted by molar-refractivity contribution is 0.0946. The van der Waals surface area contributed by atoms with Crippen molar-refractivity contribution in [3.63, 3.8) is 0 Å². The summed E-state index contributed by atoms with van der Waals surface area (Å²) in [6, 6.07) is 11.6. The molecule has 1 aliphatic carbocycles. The summed E-state index contributed by atoms with van der Waals surface area (Å²) in [6.45, 7) is 4.50. The molecule has 8 heteroatoms. The third kappa shape index (κ3) is 4.64. The summed E-state index contributed by atoms with van der Waals surface area (Å²) < 4.78 is 5.08. The molecule has 0 bridgehead atoms. The molecule has 2 heterocycles. The van der Waals surface area contributed by atoms with Gasteiger partial charge < -0.3 is 19.9 Å². The van der Waals surface area contributed by atoms with Crippen molar-refractivity contribution in [1.82, 2.24) is 20.2 Å². The van der Waals surface area contributed by atoms with Gasteiger partial charge >= 0.3 is 6.09 Å². The summed E-state index contributed by atoms with van der Waals surface area (Å²) in [5.74, 6) is 1.05. The van der Waals surface area contributed by atoms with Crippen molar-refractivity contribution < 1.29 is 14.3 Å². The van der Waals surface area contributed by atoms with Crippen LogP contribution < -0.4 is 10.2 Å². The Morgan fingerprint density at radius 3 is 2.48 bits per heavy atom. The molecule has 0 spiro atoms. The van der Waals surface area contributed by atoms with Gasteiger partial charge in [0.1, 0.15) is 11.5 Å². The zero-order chi connectivity index (χ0) is 20.2. The molecular formula is C21H25N5O3. The van der Waals surface area contributed by atoms with Crippen LogP contribution in [0, 0.1) is 0 Å². The van der Waals surface area contributed by atoms with Gasteiger partial charge in [0.25, 0.3) is 5.91 Å². The predicted octanol–water partition coefficient (Wildman–Crippen LogP) is 2.31. The first-order chi connectivity index (χ1) is 14.1. The molecule has 29 heavy (non-hydrogen) atoms. The van der Waals surface area contributed by atoms with Gasteiger partial charge in [-0.25, -0.2) is 14.8 Å². The van der Waals surface area contributed by atoms with E-state index in [1.54, 1.807) is 17.9 Å². The van der Waals surface area contributed by atoms with Crippen molar-refractivity contribution in [2.45, 2.75) is 25.8 Å². The molecule has 0 unspecified atom stereocenters. The van der Waals surface area contributed by atoms with Crippen LogP contribution in [0.3, 0.4) is 0 Å². The van der Waals surface area contributed by atoms with Gasteiger partial charge in [0.05, 0.1) is 6.61 Å². The monoisotopic (exact) mass is 395 g/mol. The number of piperazine rings is 1. The second kappa shape index (κ2) is 8.46. The molecule has 1 aliphatic heterocycles. The van der Waals surface area contributed by atoms with Gasteiger partial charge in [-0.1, -0.05) is 30.3 Å². The summed E-state index contributed by atoms with van der Waals surface area (Å²) in [6.07, 6.45) is 1.75. The molecule has 152 valence electrons. The molecule has 1 N–H and O–H groups in total. The van der Waals surface area contributed by atoms with Crippen molar-refractivity contribution >= 4 is 17.8 Å². The molecule has 0 radical (unpaired) electrons. The van der Waals surface area contributed by atoms with E-state index in [2.05, 4.69) is 15.2 Å². The van der Waals surface area contributed by atoms with Crippen LogP contribution in [-0.2, 0) is 4.74 Å². The van der Waals surface area contributed by atoms with Gasteiger partial charge in [-0.05, 0) is 19.8 Å². The van der Waals surface area contributed by atoms with Crippen LogP contribution in [0.5, 0.6) is 0 Å². The highest BCUT2D eigenvalue weighted by Crippen LogP contribution is 2.23. The van der Waals surface area contributed by atoms with Crippen LogP contribution in [-0.4, -0.2) is 65.7 Å². The lowest BCUT2D eigenvalue weighted by atomic mass is 10.2. The second-order valence-electron chi connectivity index (χ2n) is 7.22. The van der Waals surface area contributed by atoms with Crippen LogP contribution in [0.15, 0.2) is 36.4 Å². The normalized spacial score (nSPS) is 16.4. The molecule has 1 saturated carbocycles.